The molecule has 3 rings (SSSR count). The Balaban J connectivity index is 2.08. The van der Waals surface area contributed by atoms with E-state index >= 15 is 0 Å². The number of hydrogen-bond donors (Lipinski definition) is 0. The Morgan fingerprint density at radius 2 is 1.62 bits per heavy atom. The molecule has 0 aromatic carbocycles. The number of rotatable bonds is 0. The fourth-order valence-corrected chi connectivity index (χ4v) is 3.05. The molecule has 0 aromatic rings. The molecule has 3 nitrogen and oxygen atoms in total. The van der Waals surface area contributed by atoms with Gasteiger partial charge >= 0.3 is 0 Å². The van der Waals surface area contributed by atoms with Gasteiger partial charge in [-0.2, -0.15) is 0 Å². The number of fused-ring (bicyclic) bond motifs is 5. The second kappa shape index (κ2) is 2.03. The number of likely N-dealkylation sites (tertiary alicyclic amines) is 1. The van der Waals surface area contributed by atoms with Gasteiger partial charge in [0.2, 0.25) is 11.8 Å². The number of imide groups is 1. The Bertz CT molecular complexity index is 304. The minimum atomic E-state index is -0.0208. The van der Waals surface area contributed by atoms with E-state index in [2.05, 4.69) is 12.2 Å². The zero-order valence-electron chi connectivity index (χ0n) is 7.43. The predicted molar refractivity (Wildman–Crippen MR) is 45.5 cm³/mol. The topological polar surface area (TPSA) is 37.4 Å². The molecule has 2 aliphatic carbocycles. The van der Waals surface area contributed by atoms with E-state index in [1.807, 2.05) is 0 Å². The number of hydrogen-bond acceptors (Lipinski definition) is 2. The largest absolute Gasteiger partial charge is 0.285 e. The Hall–Kier alpha value is -1.12. The molecule has 0 radical (unpaired) electrons. The van der Waals surface area contributed by atoms with E-state index in [-0.39, 0.29) is 23.7 Å². The molecule has 0 spiro atoms. The van der Waals surface area contributed by atoms with E-state index in [4.69, 9.17) is 0 Å². The van der Waals surface area contributed by atoms with E-state index < -0.39 is 0 Å². The molecule has 2 bridgehead atoms. The highest BCUT2D eigenvalue weighted by Crippen LogP contribution is 2.52. The lowest BCUT2D eigenvalue weighted by molar-refractivity contribution is -0.138. The van der Waals surface area contributed by atoms with E-state index in [1.54, 1.807) is 7.05 Å². The predicted octanol–water partition coefficient (Wildman–Crippen LogP) is 0.423. The summed E-state index contributed by atoms with van der Waals surface area (Å²) >= 11 is 0. The summed E-state index contributed by atoms with van der Waals surface area (Å²) in [4.78, 5) is 24.6. The van der Waals surface area contributed by atoms with Gasteiger partial charge in [0.1, 0.15) is 0 Å². The van der Waals surface area contributed by atoms with E-state index in [0.717, 1.165) is 6.42 Å². The van der Waals surface area contributed by atoms with Gasteiger partial charge in [-0.05, 0) is 18.3 Å². The summed E-state index contributed by atoms with van der Waals surface area (Å²) in [5, 5.41) is 0. The first-order valence-electron chi connectivity index (χ1n) is 4.70. The van der Waals surface area contributed by atoms with Crippen LogP contribution in [0.15, 0.2) is 12.2 Å². The van der Waals surface area contributed by atoms with Crippen LogP contribution in [0.5, 0.6) is 0 Å². The molecule has 0 aromatic heterocycles. The number of carbonyl (C=O) groups excluding carboxylic acids is 2. The van der Waals surface area contributed by atoms with Gasteiger partial charge in [0, 0.05) is 7.05 Å². The Morgan fingerprint density at radius 3 is 2.08 bits per heavy atom. The maximum atomic E-state index is 11.7. The molecule has 13 heavy (non-hydrogen) atoms. The van der Waals surface area contributed by atoms with Crippen LogP contribution in [0.25, 0.3) is 0 Å². The van der Waals surface area contributed by atoms with Gasteiger partial charge in [-0.15, -0.1) is 0 Å². The monoisotopic (exact) mass is 177 g/mol. The lowest BCUT2D eigenvalue weighted by Gasteiger charge is -2.14. The SMILES string of the molecule is CN1C(=O)[C@@H]2[C@H](C1=O)[C@H]1C=C[C@H]2C1. The van der Waals surface area contributed by atoms with Crippen molar-refractivity contribution >= 4 is 11.8 Å². The molecule has 2 amide bonds. The third kappa shape index (κ3) is 0.666. The Morgan fingerprint density at radius 1 is 1.15 bits per heavy atom. The molecule has 3 aliphatic rings. The molecule has 3 heteroatoms. The van der Waals surface area contributed by atoms with Crippen molar-refractivity contribution in [2.45, 2.75) is 6.42 Å². The van der Waals surface area contributed by atoms with Gasteiger partial charge in [-0.3, -0.25) is 14.5 Å². The zero-order valence-corrected chi connectivity index (χ0v) is 7.43. The Kier molecular flexibility index (Phi) is 1.14. The van der Waals surface area contributed by atoms with Gasteiger partial charge in [-0.1, -0.05) is 12.2 Å². The summed E-state index contributed by atoms with van der Waals surface area (Å²) < 4.78 is 0. The van der Waals surface area contributed by atoms with Crippen LogP contribution in [0, 0.1) is 23.7 Å². The summed E-state index contributed by atoms with van der Waals surface area (Å²) in [7, 11) is 1.60. The van der Waals surface area contributed by atoms with Crippen molar-refractivity contribution in [1.29, 1.82) is 0 Å². The molecular weight excluding hydrogens is 166 g/mol. The summed E-state index contributed by atoms with van der Waals surface area (Å²) in [5.74, 6) is 0.714. The summed E-state index contributed by atoms with van der Waals surface area (Å²) in [6, 6.07) is 0. The highest BCUT2D eigenvalue weighted by molar-refractivity contribution is 6.06. The molecule has 1 saturated carbocycles. The van der Waals surface area contributed by atoms with Crippen molar-refractivity contribution in [1.82, 2.24) is 4.90 Å². The molecule has 1 heterocycles. The van der Waals surface area contributed by atoms with Crippen LogP contribution in [0.2, 0.25) is 0 Å². The lowest BCUT2D eigenvalue weighted by atomic mass is 9.85. The Labute approximate surface area is 76.4 Å². The lowest BCUT2D eigenvalue weighted by Crippen LogP contribution is -2.28. The fourth-order valence-electron chi connectivity index (χ4n) is 3.05. The molecular formula is C10H11NO2. The van der Waals surface area contributed by atoms with Gasteiger partial charge in [0.25, 0.3) is 0 Å². The average Bonchev–Trinajstić information content (AvgIpc) is 2.76. The average molecular weight is 177 g/mol. The van der Waals surface area contributed by atoms with Crippen molar-refractivity contribution in [2.75, 3.05) is 7.05 Å². The number of allylic oxidation sites excluding steroid dienone is 2. The van der Waals surface area contributed by atoms with Gasteiger partial charge in [0.05, 0.1) is 11.8 Å². The van der Waals surface area contributed by atoms with Crippen molar-refractivity contribution in [3.8, 4) is 0 Å². The van der Waals surface area contributed by atoms with Crippen molar-refractivity contribution in [2.24, 2.45) is 23.7 Å². The maximum Gasteiger partial charge on any atom is 0.233 e. The summed E-state index contributed by atoms with van der Waals surface area (Å²) in [6.07, 6.45) is 5.23. The van der Waals surface area contributed by atoms with E-state index in [0.29, 0.717) is 11.8 Å². The smallest absolute Gasteiger partial charge is 0.233 e. The molecule has 4 atom stereocenters. The molecule has 1 saturated heterocycles. The third-order valence-electron chi connectivity index (χ3n) is 3.69. The first-order chi connectivity index (χ1) is 6.20. The van der Waals surface area contributed by atoms with Gasteiger partial charge in [0.15, 0.2) is 0 Å². The minimum absolute atomic E-state index is 0.0208. The quantitative estimate of drug-likeness (QED) is 0.397. The number of nitrogens with zero attached hydrogens (tertiary/aromatic N) is 1. The van der Waals surface area contributed by atoms with E-state index in [1.165, 1.54) is 4.90 Å². The summed E-state index contributed by atoms with van der Waals surface area (Å²) in [5.41, 5.74) is 0. The second-order valence-corrected chi connectivity index (χ2v) is 4.24. The zero-order chi connectivity index (χ0) is 9.16. The standard InChI is InChI=1S/C10H11NO2/c1-11-9(12)7-5-2-3-6(4-5)8(7)10(11)13/h2-3,5-8H,4H2,1H3/t5-,6-,7-,8+/m0/s1. The first kappa shape index (κ1) is 7.30. The van der Waals surface area contributed by atoms with Crippen LogP contribution >= 0.6 is 0 Å². The number of carbonyl (C=O) groups is 2. The van der Waals surface area contributed by atoms with Crippen LogP contribution in [-0.4, -0.2) is 23.8 Å². The second-order valence-electron chi connectivity index (χ2n) is 4.24. The molecule has 0 unspecified atom stereocenters. The van der Waals surface area contributed by atoms with Crippen LogP contribution in [-0.2, 0) is 9.59 Å². The van der Waals surface area contributed by atoms with Crippen LogP contribution < -0.4 is 0 Å². The maximum absolute atomic E-state index is 11.7. The van der Waals surface area contributed by atoms with Gasteiger partial charge in [-0.25, -0.2) is 0 Å². The molecule has 68 valence electrons. The van der Waals surface area contributed by atoms with Crippen LogP contribution in [0.4, 0.5) is 0 Å². The van der Waals surface area contributed by atoms with Crippen molar-refractivity contribution in [3.63, 3.8) is 0 Å². The fraction of sp³-hybridized carbons (Fsp3) is 0.600. The van der Waals surface area contributed by atoms with Crippen LogP contribution in [0.3, 0.4) is 0 Å². The molecule has 2 fully saturated rings. The number of amides is 2. The van der Waals surface area contributed by atoms with Crippen molar-refractivity contribution < 1.29 is 9.59 Å². The summed E-state index contributed by atoms with van der Waals surface area (Å²) in [6.45, 7) is 0. The highest BCUT2D eigenvalue weighted by atomic mass is 16.2. The normalized spacial score (nSPS) is 46.4. The van der Waals surface area contributed by atoms with Crippen molar-refractivity contribution in [3.05, 3.63) is 12.2 Å². The third-order valence-corrected chi connectivity index (χ3v) is 3.69. The van der Waals surface area contributed by atoms with Gasteiger partial charge < -0.3 is 0 Å². The minimum Gasteiger partial charge on any atom is -0.285 e. The van der Waals surface area contributed by atoms with Crippen LogP contribution in [0.1, 0.15) is 6.42 Å². The highest BCUT2D eigenvalue weighted by Gasteiger charge is 2.58. The molecule has 1 aliphatic heterocycles. The first-order valence-corrected chi connectivity index (χ1v) is 4.70. The van der Waals surface area contributed by atoms with E-state index in [9.17, 15) is 9.59 Å². The molecule has 0 N–H and O–H groups in total.